The molecule has 2 rings (SSSR count). The van der Waals surface area contributed by atoms with Crippen molar-refractivity contribution in [3.05, 3.63) is 48.4 Å². The Balaban J connectivity index is 2.08. The van der Waals surface area contributed by atoms with Gasteiger partial charge in [0.1, 0.15) is 23.1 Å². The Morgan fingerprint density at radius 1 is 1.11 bits per heavy atom. The Morgan fingerprint density at radius 3 is 2.26 bits per heavy atom. The molecule has 0 amide bonds. The topological polar surface area (TPSA) is 68.3 Å². The van der Waals surface area contributed by atoms with Crippen LogP contribution in [0.1, 0.15) is 0 Å². The van der Waals surface area contributed by atoms with Gasteiger partial charge in [0.05, 0.1) is 12.5 Å². The van der Waals surface area contributed by atoms with E-state index in [1.54, 1.807) is 6.07 Å². The molecule has 19 heavy (non-hydrogen) atoms. The lowest BCUT2D eigenvalue weighted by molar-refractivity contribution is 0.478. The van der Waals surface area contributed by atoms with E-state index in [9.17, 15) is 12.8 Å². The molecule has 0 radical (unpaired) electrons. The number of ether oxygens (including phenoxy) is 1. The van der Waals surface area contributed by atoms with Crippen molar-refractivity contribution < 1.29 is 17.5 Å². The van der Waals surface area contributed by atoms with Crippen LogP contribution in [0.25, 0.3) is 0 Å². The zero-order valence-electron chi connectivity index (χ0n) is 10.00. The van der Waals surface area contributed by atoms with Crippen LogP contribution in [0.5, 0.6) is 11.5 Å². The van der Waals surface area contributed by atoms with Crippen LogP contribution in [0.15, 0.2) is 42.6 Å². The van der Waals surface area contributed by atoms with Gasteiger partial charge in [-0.25, -0.2) is 17.8 Å². The van der Waals surface area contributed by atoms with Gasteiger partial charge < -0.3 is 4.74 Å². The summed E-state index contributed by atoms with van der Waals surface area (Å²) in [6.07, 6.45) is 2.41. The standard InChI is InChI=1S/C12H11FN2O3S/c1-19(16,17)15-12-7-6-11(8-14-12)18-10-4-2-9(13)3-5-10/h2-8H,1H3,(H,14,15). The molecule has 7 heteroatoms. The lowest BCUT2D eigenvalue weighted by Crippen LogP contribution is -2.10. The van der Waals surface area contributed by atoms with Crippen LogP contribution in [0.3, 0.4) is 0 Å². The van der Waals surface area contributed by atoms with Crippen molar-refractivity contribution in [3.8, 4) is 11.5 Å². The van der Waals surface area contributed by atoms with Crippen LogP contribution in [0.4, 0.5) is 10.2 Å². The molecular formula is C12H11FN2O3S. The summed E-state index contributed by atoms with van der Waals surface area (Å²) >= 11 is 0. The zero-order valence-corrected chi connectivity index (χ0v) is 10.8. The smallest absolute Gasteiger partial charge is 0.230 e. The molecule has 0 bridgehead atoms. The lowest BCUT2D eigenvalue weighted by atomic mass is 10.3. The fourth-order valence-electron chi connectivity index (χ4n) is 1.33. The second-order valence-corrected chi connectivity index (χ2v) is 5.56. The van der Waals surface area contributed by atoms with E-state index in [0.717, 1.165) is 6.26 Å². The van der Waals surface area contributed by atoms with Gasteiger partial charge in [0.25, 0.3) is 0 Å². The number of anilines is 1. The zero-order chi connectivity index (χ0) is 13.9. The minimum atomic E-state index is -3.35. The Labute approximate surface area is 110 Å². The van der Waals surface area contributed by atoms with E-state index >= 15 is 0 Å². The van der Waals surface area contributed by atoms with Gasteiger partial charge in [-0.3, -0.25) is 4.72 Å². The summed E-state index contributed by atoms with van der Waals surface area (Å²) in [6, 6.07) is 8.56. The summed E-state index contributed by atoms with van der Waals surface area (Å²) < 4.78 is 42.3. The average molecular weight is 282 g/mol. The number of nitrogens with zero attached hydrogens (tertiary/aromatic N) is 1. The van der Waals surface area contributed by atoms with Crippen LogP contribution in [0.2, 0.25) is 0 Å². The van der Waals surface area contributed by atoms with E-state index in [1.165, 1.54) is 36.5 Å². The summed E-state index contributed by atoms with van der Waals surface area (Å²) in [5, 5.41) is 0. The van der Waals surface area contributed by atoms with E-state index in [0.29, 0.717) is 11.5 Å². The highest BCUT2D eigenvalue weighted by Gasteiger charge is 2.03. The first kappa shape index (κ1) is 13.3. The van der Waals surface area contributed by atoms with Crippen molar-refractivity contribution in [2.45, 2.75) is 0 Å². The van der Waals surface area contributed by atoms with Gasteiger partial charge in [0, 0.05) is 0 Å². The molecule has 0 aliphatic rings. The Kier molecular flexibility index (Phi) is 3.66. The molecule has 1 N–H and O–H groups in total. The molecule has 0 fully saturated rings. The van der Waals surface area contributed by atoms with Gasteiger partial charge in [-0.1, -0.05) is 0 Å². The van der Waals surface area contributed by atoms with Crippen LogP contribution < -0.4 is 9.46 Å². The molecule has 0 atom stereocenters. The molecule has 0 spiro atoms. The van der Waals surface area contributed by atoms with Crippen LogP contribution in [-0.2, 0) is 10.0 Å². The minimum Gasteiger partial charge on any atom is -0.456 e. The Morgan fingerprint density at radius 2 is 1.74 bits per heavy atom. The molecule has 0 saturated carbocycles. The van der Waals surface area contributed by atoms with Gasteiger partial charge in [-0.05, 0) is 36.4 Å². The molecule has 100 valence electrons. The quantitative estimate of drug-likeness (QED) is 0.934. The first-order valence-electron chi connectivity index (χ1n) is 5.30. The Bertz CT molecular complexity index is 654. The third-order valence-corrected chi connectivity index (χ3v) is 2.66. The highest BCUT2D eigenvalue weighted by atomic mass is 32.2. The maximum atomic E-state index is 12.7. The van der Waals surface area contributed by atoms with Crippen LogP contribution >= 0.6 is 0 Å². The van der Waals surface area contributed by atoms with E-state index in [1.807, 2.05) is 0 Å². The summed E-state index contributed by atoms with van der Waals surface area (Å²) in [5.74, 6) is 0.741. The van der Waals surface area contributed by atoms with Crippen molar-refractivity contribution in [2.24, 2.45) is 0 Å². The van der Waals surface area contributed by atoms with E-state index in [4.69, 9.17) is 4.74 Å². The number of sulfonamides is 1. The molecule has 0 aliphatic carbocycles. The maximum absolute atomic E-state index is 12.7. The highest BCUT2D eigenvalue weighted by Crippen LogP contribution is 2.21. The highest BCUT2D eigenvalue weighted by molar-refractivity contribution is 7.92. The van der Waals surface area contributed by atoms with Gasteiger partial charge in [-0.15, -0.1) is 0 Å². The monoisotopic (exact) mass is 282 g/mol. The van der Waals surface area contributed by atoms with Crippen molar-refractivity contribution in [1.29, 1.82) is 0 Å². The average Bonchev–Trinajstić information content (AvgIpc) is 2.33. The minimum absolute atomic E-state index is 0.203. The number of aromatic nitrogens is 1. The molecule has 0 aliphatic heterocycles. The van der Waals surface area contributed by atoms with Crippen LogP contribution in [0, 0.1) is 5.82 Å². The molecule has 1 aromatic carbocycles. The number of hydrogen-bond donors (Lipinski definition) is 1. The molecule has 0 unspecified atom stereocenters. The summed E-state index contributed by atoms with van der Waals surface area (Å²) in [5.41, 5.74) is 0. The Hall–Kier alpha value is -2.15. The van der Waals surface area contributed by atoms with Crippen molar-refractivity contribution in [2.75, 3.05) is 11.0 Å². The SMILES string of the molecule is CS(=O)(=O)Nc1ccc(Oc2ccc(F)cc2)cn1. The van der Waals surface area contributed by atoms with E-state index < -0.39 is 10.0 Å². The molecule has 0 saturated heterocycles. The number of halogens is 1. The molecule has 1 aromatic heterocycles. The van der Waals surface area contributed by atoms with Crippen molar-refractivity contribution in [1.82, 2.24) is 4.98 Å². The number of pyridine rings is 1. The van der Waals surface area contributed by atoms with Crippen molar-refractivity contribution in [3.63, 3.8) is 0 Å². The summed E-state index contributed by atoms with van der Waals surface area (Å²) in [7, 11) is -3.35. The fraction of sp³-hybridized carbons (Fsp3) is 0.0833. The number of rotatable bonds is 4. The third kappa shape index (κ3) is 4.22. The first-order chi connectivity index (χ1) is 8.92. The normalized spacial score (nSPS) is 11.1. The largest absolute Gasteiger partial charge is 0.456 e. The number of nitrogens with one attached hydrogen (secondary N) is 1. The van der Waals surface area contributed by atoms with Gasteiger partial charge in [-0.2, -0.15) is 0 Å². The lowest BCUT2D eigenvalue weighted by Gasteiger charge is -2.06. The van der Waals surface area contributed by atoms with Gasteiger partial charge in [0.2, 0.25) is 10.0 Å². The predicted octanol–water partition coefficient (Wildman–Crippen LogP) is 2.38. The van der Waals surface area contributed by atoms with Crippen molar-refractivity contribution >= 4 is 15.8 Å². The summed E-state index contributed by atoms with van der Waals surface area (Å²) in [4.78, 5) is 3.89. The molecule has 1 heterocycles. The van der Waals surface area contributed by atoms with E-state index in [-0.39, 0.29) is 11.6 Å². The number of benzene rings is 1. The fourth-order valence-corrected chi connectivity index (χ4v) is 1.83. The molecular weight excluding hydrogens is 271 g/mol. The third-order valence-electron chi connectivity index (χ3n) is 2.08. The second-order valence-electron chi connectivity index (χ2n) is 3.81. The predicted molar refractivity (Wildman–Crippen MR) is 69.2 cm³/mol. The van der Waals surface area contributed by atoms with Gasteiger partial charge >= 0.3 is 0 Å². The van der Waals surface area contributed by atoms with Gasteiger partial charge in [0.15, 0.2) is 0 Å². The second kappa shape index (κ2) is 5.23. The maximum Gasteiger partial charge on any atom is 0.230 e. The molecule has 2 aromatic rings. The van der Waals surface area contributed by atoms with E-state index in [2.05, 4.69) is 9.71 Å². The number of hydrogen-bond acceptors (Lipinski definition) is 4. The summed E-state index contributed by atoms with van der Waals surface area (Å²) in [6.45, 7) is 0. The van der Waals surface area contributed by atoms with Crippen LogP contribution in [-0.4, -0.2) is 19.7 Å². The molecule has 5 nitrogen and oxygen atoms in total. The first-order valence-corrected chi connectivity index (χ1v) is 7.19.